The molecule has 4 unspecified atom stereocenters. The molecular weight excluding hydrogens is 248 g/mol. The Bertz CT molecular complexity index is 501. The molecule has 3 aliphatic rings. The van der Waals surface area contributed by atoms with Gasteiger partial charge in [-0.05, 0) is 42.6 Å². The minimum Gasteiger partial charge on any atom is -0.322 e. The lowest BCUT2D eigenvalue weighted by Crippen LogP contribution is -2.36. The first-order valence-corrected chi connectivity index (χ1v) is 7.89. The van der Waals surface area contributed by atoms with Crippen LogP contribution in [0.5, 0.6) is 0 Å². The van der Waals surface area contributed by atoms with Crippen LogP contribution in [0.4, 0.5) is 0 Å². The van der Waals surface area contributed by atoms with Gasteiger partial charge in [-0.25, -0.2) is 0 Å². The molecular formula is C17H22N2O. The molecule has 2 saturated carbocycles. The number of hydrogen-bond donors (Lipinski definition) is 1. The smallest absolute Gasteiger partial charge is 0.238 e. The minimum atomic E-state index is 0.0860. The number of benzene rings is 1. The van der Waals surface area contributed by atoms with Crippen LogP contribution in [0.25, 0.3) is 0 Å². The summed E-state index contributed by atoms with van der Waals surface area (Å²) in [5.41, 5.74) is 1.21. The zero-order valence-electron chi connectivity index (χ0n) is 11.8. The SMILES string of the molecule is O=C1CNC(c2ccccc2)N1CC1CC2CCC1C2. The van der Waals surface area contributed by atoms with Gasteiger partial charge in [-0.15, -0.1) is 0 Å². The first kappa shape index (κ1) is 12.4. The van der Waals surface area contributed by atoms with Crippen molar-refractivity contribution in [2.45, 2.75) is 31.8 Å². The van der Waals surface area contributed by atoms with E-state index >= 15 is 0 Å². The Morgan fingerprint density at radius 2 is 2.00 bits per heavy atom. The highest BCUT2D eigenvalue weighted by Gasteiger charge is 2.42. The van der Waals surface area contributed by atoms with E-state index in [0.717, 1.165) is 24.3 Å². The Labute approximate surface area is 120 Å². The average molecular weight is 270 g/mol. The summed E-state index contributed by atoms with van der Waals surface area (Å²) in [7, 11) is 0. The van der Waals surface area contributed by atoms with Crippen molar-refractivity contribution in [2.24, 2.45) is 17.8 Å². The molecule has 4 atom stereocenters. The fraction of sp³-hybridized carbons (Fsp3) is 0.588. The highest BCUT2D eigenvalue weighted by atomic mass is 16.2. The van der Waals surface area contributed by atoms with E-state index in [1.807, 2.05) is 6.07 Å². The van der Waals surface area contributed by atoms with Gasteiger partial charge in [-0.1, -0.05) is 36.8 Å². The van der Waals surface area contributed by atoms with Crippen LogP contribution in [0.1, 0.15) is 37.4 Å². The molecule has 1 N–H and O–H groups in total. The van der Waals surface area contributed by atoms with Crippen molar-refractivity contribution < 1.29 is 4.79 Å². The third kappa shape index (κ3) is 2.05. The molecule has 4 rings (SSSR count). The molecule has 1 saturated heterocycles. The largest absolute Gasteiger partial charge is 0.322 e. The minimum absolute atomic E-state index is 0.0860. The Hall–Kier alpha value is -1.35. The fourth-order valence-corrected chi connectivity index (χ4v) is 4.53. The first-order valence-electron chi connectivity index (χ1n) is 7.89. The van der Waals surface area contributed by atoms with E-state index in [1.54, 1.807) is 0 Å². The van der Waals surface area contributed by atoms with E-state index in [-0.39, 0.29) is 12.1 Å². The molecule has 1 amide bonds. The molecule has 1 aromatic rings. The number of fused-ring (bicyclic) bond motifs is 2. The molecule has 2 aliphatic carbocycles. The Morgan fingerprint density at radius 3 is 2.70 bits per heavy atom. The molecule has 0 spiro atoms. The molecule has 106 valence electrons. The van der Waals surface area contributed by atoms with Gasteiger partial charge in [0.1, 0.15) is 6.17 Å². The summed E-state index contributed by atoms with van der Waals surface area (Å²) < 4.78 is 0. The second kappa shape index (κ2) is 4.88. The van der Waals surface area contributed by atoms with Crippen LogP contribution < -0.4 is 5.32 Å². The summed E-state index contributed by atoms with van der Waals surface area (Å²) in [5, 5.41) is 3.37. The molecule has 3 fully saturated rings. The molecule has 0 aromatic heterocycles. The lowest BCUT2D eigenvalue weighted by Gasteiger charge is -2.31. The maximum Gasteiger partial charge on any atom is 0.238 e. The van der Waals surface area contributed by atoms with E-state index in [0.29, 0.717) is 6.54 Å². The molecule has 1 aliphatic heterocycles. The van der Waals surface area contributed by atoms with Crippen LogP contribution in [0, 0.1) is 17.8 Å². The number of hydrogen-bond acceptors (Lipinski definition) is 2. The monoisotopic (exact) mass is 270 g/mol. The molecule has 2 bridgehead atoms. The quantitative estimate of drug-likeness (QED) is 0.915. The van der Waals surface area contributed by atoms with E-state index in [4.69, 9.17) is 0 Å². The van der Waals surface area contributed by atoms with Gasteiger partial charge < -0.3 is 4.90 Å². The van der Waals surface area contributed by atoms with Crippen molar-refractivity contribution in [3.05, 3.63) is 35.9 Å². The Balaban J connectivity index is 1.51. The van der Waals surface area contributed by atoms with E-state index < -0.39 is 0 Å². The molecule has 0 radical (unpaired) electrons. The second-order valence-electron chi connectivity index (χ2n) is 6.68. The van der Waals surface area contributed by atoms with Crippen molar-refractivity contribution in [3.63, 3.8) is 0 Å². The Kier molecular flexibility index (Phi) is 3.03. The number of amides is 1. The van der Waals surface area contributed by atoms with Crippen LogP contribution in [-0.2, 0) is 4.79 Å². The van der Waals surface area contributed by atoms with Gasteiger partial charge in [0.2, 0.25) is 5.91 Å². The predicted molar refractivity (Wildman–Crippen MR) is 77.8 cm³/mol. The van der Waals surface area contributed by atoms with Crippen LogP contribution in [0.15, 0.2) is 30.3 Å². The second-order valence-corrected chi connectivity index (χ2v) is 6.68. The highest BCUT2D eigenvalue weighted by Crippen LogP contribution is 2.49. The maximum absolute atomic E-state index is 12.2. The van der Waals surface area contributed by atoms with Crippen molar-refractivity contribution in [3.8, 4) is 0 Å². The van der Waals surface area contributed by atoms with Crippen LogP contribution in [0.2, 0.25) is 0 Å². The molecule has 3 heteroatoms. The standard InChI is InChI=1S/C17H22N2O/c20-16-10-18-17(13-4-2-1-3-5-13)19(16)11-15-9-12-6-7-14(15)8-12/h1-5,12,14-15,17-18H,6-11H2. The van der Waals surface area contributed by atoms with Gasteiger partial charge in [0.25, 0.3) is 0 Å². The van der Waals surface area contributed by atoms with Crippen molar-refractivity contribution >= 4 is 5.91 Å². The lowest BCUT2D eigenvalue weighted by atomic mass is 9.88. The number of carbonyl (C=O) groups excluding carboxylic acids is 1. The summed E-state index contributed by atoms with van der Waals surface area (Å²) in [6.45, 7) is 1.44. The van der Waals surface area contributed by atoms with Crippen molar-refractivity contribution in [2.75, 3.05) is 13.1 Å². The average Bonchev–Trinajstić information content (AvgIpc) is 3.17. The number of nitrogens with one attached hydrogen (secondary N) is 1. The van der Waals surface area contributed by atoms with Gasteiger partial charge in [0.15, 0.2) is 0 Å². The molecule has 1 aromatic carbocycles. The first-order chi connectivity index (χ1) is 9.81. The van der Waals surface area contributed by atoms with Gasteiger partial charge in [0.05, 0.1) is 6.54 Å². The van der Waals surface area contributed by atoms with Gasteiger partial charge >= 0.3 is 0 Å². The number of carbonyl (C=O) groups is 1. The van der Waals surface area contributed by atoms with Crippen LogP contribution >= 0.6 is 0 Å². The summed E-state index contributed by atoms with van der Waals surface area (Å²) in [4.78, 5) is 14.3. The third-order valence-electron chi connectivity index (χ3n) is 5.51. The van der Waals surface area contributed by atoms with E-state index in [2.05, 4.69) is 34.5 Å². The fourth-order valence-electron chi connectivity index (χ4n) is 4.53. The van der Waals surface area contributed by atoms with Gasteiger partial charge in [0, 0.05) is 6.54 Å². The molecule has 3 nitrogen and oxygen atoms in total. The summed E-state index contributed by atoms with van der Waals surface area (Å²) in [6, 6.07) is 10.4. The van der Waals surface area contributed by atoms with Crippen LogP contribution in [-0.4, -0.2) is 23.9 Å². The Morgan fingerprint density at radius 1 is 1.15 bits per heavy atom. The summed E-state index contributed by atoms with van der Waals surface area (Å²) in [6.07, 6.45) is 5.66. The zero-order valence-corrected chi connectivity index (χ0v) is 11.8. The summed E-state index contributed by atoms with van der Waals surface area (Å²) >= 11 is 0. The van der Waals surface area contributed by atoms with Crippen LogP contribution in [0.3, 0.4) is 0 Å². The molecule has 20 heavy (non-hydrogen) atoms. The van der Waals surface area contributed by atoms with Gasteiger partial charge in [-0.2, -0.15) is 0 Å². The third-order valence-corrected chi connectivity index (χ3v) is 5.51. The predicted octanol–water partition coefficient (Wildman–Crippen LogP) is 2.55. The van der Waals surface area contributed by atoms with Crippen molar-refractivity contribution in [1.82, 2.24) is 10.2 Å². The number of rotatable bonds is 3. The molecule has 1 heterocycles. The maximum atomic E-state index is 12.2. The van der Waals surface area contributed by atoms with E-state index in [9.17, 15) is 4.79 Å². The van der Waals surface area contributed by atoms with Crippen molar-refractivity contribution in [1.29, 1.82) is 0 Å². The van der Waals surface area contributed by atoms with Gasteiger partial charge in [-0.3, -0.25) is 10.1 Å². The highest BCUT2D eigenvalue weighted by molar-refractivity contribution is 5.81. The van der Waals surface area contributed by atoms with E-state index in [1.165, 1.54) is 31.2 Å². The summed E-state index contributed by atoms with van der Waals surface area (Å²) in [5.74, 6) is 2.83. The number of nitrogens with zero attached hydrogens (tertiary/aromatic N) is 1. The normalized spacial score (nSPS) is 36.0. The zero-order chi connectivity index (χ0) is 13.5. The lowest BCUT2D eigenvalue weighted by molar-refractivity contribution is -0.128. The topological polar surface area (TPSA) is 32.3 Å².